The van der Waals surface area contributed by atoms with Crippen molar-refractivity contribution in [2.24, 2.45) is 0 Å². The number of nitrogens with one attached hydrogen (secondary N) is 2. The molecule has 3 N–H and O–H groups in total. The molecule has 5 nitrogen and oxygen atoms in total. The van der Waals surface area contributed by atoms with Gasteiger partial charge in [-0.3, -0.25) is 9.59 Å². The first-order valence-electron chi connectivity index (χ1n) is 5.49. The summed E-state index contributed by atoms with van der Waals surface area (Å²) >= 11 is 0. The average Bonchev–Trinajstić information content (AvgIpc) is 2.79. The van der Waals surface area contributed by atoms with E-state index in [0.29, 0.717) is 18.5 Å². The molecule has 0 aromatic heterocycles. The Hall–Kier alpha value is -1.88. The van der Waals surface area contributed by atoms with Gasteiger partial charge in [0.25, 0.3) is 5.91 Å². The molecule has 0 saturated carbocycles. The Bertz CT molecular complexity index is 419. The van der Waals surface area contributed by atoms with Crippen molar-refractivity contribution in [2.75, 3.05) is 6.54 Å². The number of benzene rings is 1. The number of hydrogen-bond acceptors (Lipinski definition) is 3. The van der Waals surface area contributed by atoms with Crippen molar-refractivity contribution in [1.82, 2.24) is 10.6 Å². The highest BCUT2D eigenvalue weighted by Crippen LogP contribution is 2.08. The lowest BCUT2D eigenvalue weighted by Gasteiger charge is -2.11. The number of aliphatic carboxylic acids is 1. The fourth-order valence-electron chi connectivity index (χ4n) is 1.89. The minimum Gasteiger partial charge on any atom is -0.480 e. The van der Waals surface area contributed by atoms with E-state index in [2.05, 4.69) is 10.6 Å². The molecule has 0 aliphatic carbocycles. The van der Waals surface area contributed by atoms with Crippen molar-refractivity contribution >= 4 is 11.9 Å². The number of carbonyl (C=O) groups is 2. The maximum atomic E-state index is 11.8. The van der Waals surface area contributed by atoms with Crippen LogP contribution in [0.1, 0.15) is 16.8 Å². The van der Waals surface area contributed by atoms with E-state index in [9.17, 15) is 9.59 Å². The number of carboxylic acids is 1. The van der Waals surface area contributed by atoms with Crippen molar-refractivity contribution in [3.8, 4) is 0 Å². The van der Waals surface area contributed by atoms with Crippen molar-refractivity contribution in [1.29, 1.82) is 0 Å². The summed E-state index contributed by atoms with van der Waals surface area (Å²) in [5.41, 5.74) is 0.589. The number of amides is 1. The van der Waals surface area contributed by atoms with Crippen LogP contribution in [0, 0.1) is 0 Å². The van der Waals surface area contributed by atoms with Gasteiger partial charge >= 0.3 is 5.97 Å². The predicted molar refractivity (Wildman–Crippen MR) is 61.7 cm³/mol. The van der Waals surface area contributed by atoms with Crippen LogP contribution in [0.15, 0.2) is 30.3 Å². The maximum Gasteiger partial charge on any atom is 0.320 e. The summed E-state index contributed by atoms with van der Waals surface area (Å²) in [4.78, 5) is 22.5. The smallest absolute Gasteiger partial charge is 0.320 e. The Kier molecular flexibility index (Phi) is 3.39. The molecule has 1 heterocycles. The highest BCUT2D eigenvalue weighted by Gasteiger charge is 2.29. The summed E-state index contributed by atoms with van der Waals surface area (Å²) < 4.78 is 0. The summed E-state index contributed by atoms with van der Waals surface area (Å²) in [5, 5.41) is 14.5. The van der Waals surface area contributed by atoms with Gasteiger partial charge in [-0.1, -0.05) is 18.2 Å². The van der Waals surface area contributed by atoms with E-state index in [-0.39, 0.29) is 11.9 Å². The first-order valence-corrected chi connectivity index (χ1v) is 5.49. The molecule has 1 aromatic carbocycles. The summed E-state index contributed by atoms with van der Waals surface area (Å²) in [7, 11) is 0. The normalized spacial score (nSPS) is 23.3. The molecule has 1 unspecified atom stereocenters. The quantitative estimate of drug-likeness (QED) is 0.699. The molecule has 1 amide bonds. The minimum atomic E-state index is -0.874. The second-order valence-corrected chi connectivity index (χ2v) is 4.07. The fourth-order valence-corrected chi connectivity index (χ4v) is 1.89. The maximum absolute atomic E-state index is 11.8. The Labute approximate surface area is 98.8 Å². The largest absolute Gasteiger partial charge is 0.480 e. The van der Waals surface area contributed by atoms with Gasteiger partial charge in [0.15, 0.2) is 0 Å². The molecule has 2 rings (SSSR count). The Morgan fingerprint density at radius 2 is 2.00 bits per heavy atom. The zero-order valence-electron chi connectivity index (χ0n) is 9.22. The van der Waals surface area contributed by atoms with Crippen LogP contribution in [0.2, 0.25) is 0 Å². The van der Waals surface area contributed by atoms with Gasteiger partial charge in [-0.25, -0.2) is 0 Å². The highest BCUT2D eigenvalue weighted by atomic mass is 16.4. The van der Waals surface area contributed by atoms with E-state index in [1.165, 1.54) is 0 Å². The lowest BCUT2D eigenvalue weighted by molar-refractivity contribution is -0.139. The summed E-state index contributed by atoms with van der Waals surface area (Å²) in [6.45, 7) is 0.496. The standard InChI is InChI=1S/C12H14N2O3/c15-11(8-4-2-1-3-5-8)14-9-6-10(12(16)17)13-7-9/h1-5,9-10,13H,6-7H2,(H,14,15)(H,16,17)/t9-,10?/m1/s1. The van der Waals surface area contributed by atoms with Crippen LogP contribution >= 0.6 is 0 Å². The van der Waals surface area contributed by atoms with Crippen molar-refractivity contribution < 1.29 is 14.7 Å². The predicted octanol–water partition coefficient (Wildman–Crippen LogP) is 0.232. The first kappa shape index (κ1) is 11.6. The summed E-state index contributed by atoms with van der Waals surface area (Å²) in [6, 6.07) is 8.21. The number of hydrogen-bond donors (Lipinski definition) is 3. The molecule has 1 aliphatic rings. The fraction of sp³-hybridized carbons (Fsp3) is 0.333. The Morgan fingerprint density at radius 1 is 1.29 bits per heavy atom. The molecule has 90 valence electrons. The van der Waals surface area contributed by atoms with E-state index in [0.717, 1.165) is 0 Å². The Balaban J connectivity index is 1.91. The molecule has 1 aliphatic heterocycles. The zero-order valence-corrected chi connectivity index (χ0v) is 9.22. The van der Waals surface area contributed by atoms with Gasteiger partial charge in [-0.2, -0.15) is 0 Å². The molecule has 1 fully saturated rings. The monoisotopic (exact) mass is 234 g/mol. The van der Waals surface area contributed by atoms with Crippen molar-refractivity contribution in [3.63, 3.8) is 0 Å². The molecule has 0 spiro atoms. The van der Waals surface area contributed by atoms with Crippen LogP contribution in [0.3, 0.4) is 0 Å². The van der Waals surface area contributed by atoms with E-state index in [1.54, 1.807) is 24.3 Å². The van der Waals surface area contributed by atoms with E-state index in [4.69, 9.17) is 5.11 Å². The molecule has 5 heteroatoms. The van der Waals surface area contributed by atoms with Gasteiger partial charge in [-0.05, 0) is 18.6 Å². The molecule has 0 radical (unpaired) electrons. The second-order valence-electron chi connectivity index (χ2n) is 4.07. The molecule has 2 atom stereocenters. The molecular formula is C12H14N2O3. The molecule has 1 saturated heterocycles. The van der Waals surface area contributed by atoms with E-state index >= 15 is 0 Å². The first-order chi connectivity index (χ1) is 8.16. The van der Waals surface area contributed by atoms with Crippen LogP contribution in [-0.4, -0.2) is 35.6 Å². The second kappa shape index (κ2) is 4.97. The lowest BCUT2D eigenvalue weighted by atomic mass is 10.1. The van der Waals surface area contributed by atoms with Crippen LogP contribution < -0.4 is 10.6 Å². The van der Waals surface area contributed by atoms with E-state index < -0.39 is 12.0 Å². The van der Waals surface area contributed by atoms with Crippen LogP contribution in [0.5, 0.6) is 0 Å². The third-order valence-electron chi connectivity index (χ3n) is 2.80. The Morgan fingerprint density at radius 3 is 2.59 bits per heavy atom. The van der Waals surface area contributed by atoms with Gasteiger partial charge in [0.2, 0.25) is 0 Å². The topological polar surface area (TPSA) is 78.4 Å². The van der Waals surface area contributed by atoms with E-state index in [1.807, 2.05) is 6.07 Å². The van der Waals surface area contributed by atoms with Gasteiger partial charge in [-0.15, -0.1) is 0 Å². The molecule has 0 bridgehead atoms. The van der Waals surface area contributed by atoms with Crippen LogP contribution in [-0.2, 0) is 4.79 Å². The molecule has 1 aromatic rings. The third-order valence-corrected chi connectivity index (χ3v) is 2.80. The summed E-state index contributed by atoms with van der Waals surface area (Å²) in [5.74, 6) is -1.04. The van der Waals surface area contributed by atoms with Crippen molar-refractivity contribution in [2.45, 2.75) is 18.5 Å². The zero-order chi connectivity index (χ0) is 12.3. The number of carboxylic acid groups (broad SMARTS) is 1. The highest BCUT2D eigenvalue weighted by molar-refractivity contribution is 5.94. The SMILES string of the molecule is O=C(N[C@H]1CNC(C(=O)O)C1)c1ccccc1. The number of carbonyl (C=O) groups excluding carboxylic acids is 1. The van der Waals surface area contributed by atoms with Gasteiger partial charge in [0, 0.05) is 18.2 Å². The third kappa shape index (κ3) is 2.82. The summed E-state index contributed by atoms with van der Waals surface area (Å²) in [6.07, 6.45) is 0.425. The average molecular weight is 234 g/mol. The van der Waals surface area contributed by atoms with Crippen LogP contribution in [0.25, 0.3) is 0 Å². The molecule has 17 heavy (non-hydrogen) atoms. The van der Waals surface area contributed by atoms with Gasteiger partial charge in [0.1, 0.15) is 6.04 Å². The lowest BCUT2D eigenvalue weighted by Crippen LogP contribution is -2.36. The van der Waals surface area contributed by atoms with Crippen molar-refractivity contribution in [3.05, 3.63) is 35.9 Å². The van der Waals surface area contributed by atoms with Gasteiger partial charge in [0.05, 0.1) is 0 Å². The number of rotatable bonds is 3. The minimum absolute atomic E-state index is 0.121. The van der Waals surface area contributed by atoms with Gasteiger partial charge < -0.3 is 15.7 Å². The van der Waals surface area contributed by atoms with Crippen LogP contribution in [0.4, 0.5) is 0 Å². The molecular weight excluding hydrogens is 220 g/mol.